The molecular weight excluding hydrogens is 360 g/mol. The van der Waals surface area contributed by atoms with Crippen molar-refractivity contribution in [1.29, 1.82) is 5.26 Å². The molecule has 146 valence electrons. The van der Waals surface area contributed by atoms with Crippen LogP contribution in [-0.2, 0) is 0 Å². The highest BCUT2D eigenvalue weighted by Crippen LogP contribution is 2.40. The largest absolute Gasteiger partial charge is 0.371 e. The molecule has 2 heterocycles. The quantitative estimate of drug-likeness (QED) is 0.799. The SMILES string of the molecule is C=C1c2c(C#N)c(=O)cnn2C(C(CC2=CCCC=C2)c2ccccc2)CN1C. The summed E-state index contributed by atoms with van der Waals surface area (Å²) in [6.45, 7) is 4.83. The van der Waals surface area contributed by atoms with Crippen molar-refractivity contribution in [2.24, 2.45) is 0 Å². The fraction of sp³-hybridized carbons (Fsp3) is 0.292. The van der Waals surface area contributed by atoms with Gasteiger partial charge in [0.05, 0.1) is 17.9 Å². The molecule has 0 amide bonds. The van der Waals surface area contributed by atoms with Crippen molar-refractivity contribution in [1.82, 2.24) is 14.7 Å². The first kappa shape index (κ1) is 18.9. The van der Waals surface area contributed by atoms with Gasteiger partial charge in [0, 0.05) is 19.5 Å². The molecule has 4 rings (SSSR count). The van der Waals surface area contributed by atoms with Gasteiger partial charge in [-0.25, -0.2) is 0 Å². The van der Waals surface area contributed by atoms with E-state index < -0.39 is 0 Å². The van der Waals surface area contributed by atoms with E-state index in [1.807, 2.05) is 22.7 Å². The van der Waals surface area contributed by atoms with E-state index in [9.17, 15) is 10.1 Å². The maximum absolute atomic E-state index is 12.3. The third kappa shape index (κ3) is 3.54. The minimum atomic E-state index is -0.358. The van der Waals surface area contributed by atoms with Crippen molar-refractivity contribution in [2.45, 2.75) is 31.2 Å². The van der Waals surface area contributed by atoms with Crippen LogP contribution >= 0.6 is 0 Å². The summed E-state index contributed by atoms with van der Waals surface area (Å²) in [7, 11) is 1.96. The Morgan fingerprint density at radius 1 is 1.31 bits per heavy atom. The molecule has 0 N–H and O–H groups in total. The molecule has 29 heavy (non-hydrogen) atoms. The van der Waals surface area contributed by atoms with Gasteiger partial charge in [0.15, 0.2) is 0 Å². The number of aromatic nitrogens is 2. The summed E-state index contributed by atoms with van der Waals surface area (Å²) in [6, 6.07) is 12.5. The lowest BCUT2D eigenvalue weighted by Crippen LogP contribution is -2.40. The monoisotopic (exact) mass is 384 g/mol. The Morgan fingerprint density at radius 3 is 2.79 bits per heavy atom. The van der Waals surface area contributed by atoms with E-state index in [1.54, 1.807) is 0 Å². The Kier molecular flexibility index (Phi) is 5.18. The predicted octanol–water partition coefficient (Wildman–Crippen LogP) is 4.02. The molecule has 2 unspecified atom stereocenters. The number of hydrogen-bond acceptors (Lipinski definition) is 4. The van der Waals surface area contributed by atoms with Crippen LogP contribution in [0.15, 0.2) is 71.7 Å². The number of benzene rings is 1. The number of hydrogen-bond donors (Lipinski definition) is 0. The summed E-state index contributed by atoms with van der Waals surface area (Å²) in [5.74, 6) is 0.154. The summed E-state index contributed by atoms with van der Waals surface area (Å²) in [5.41, 5.74) is 3.50. The van der Waals surface area contributed by atoms with Crippen molar-refractivity contribution in [3.8, 4) is 6.07 Å². The molecule has 5 nitrogen and oxygen atoms in total. The van der Waals surface area contributed by atoms with E-state index in [0.29, 0.717) is 17.9 Å². The Labute approximate surface area is 170 Å². The van der Waals surface area contributed by atoms with Crippen LogP contribution in [0.25, 0.3) is 5.70 Å². The molecule has 1 aliphatic carbocycles. The Hall–Kier alpha value is -3.39. The highest BCUT2D eigenvalue weighted by molar-refractivity contribution is 5.65. The van der Waals surface area contributed by atoms with Crippen LogP contribution in [0.1, 0.15) is 48.0 Å². The molecule has 1 aromatic carbocycles. The zero-order valence-corrected chi connectivity index (χ0v) is 16.6. The van der Waals surface area contributed by atoms with Gasteiger partial charge in [-0.3, -0.25) is 9.48 Å². The second-order valence-electron chi connectivity index (χ2n) is 7.66. The molecule has 0 fully saturated rings. The molecule has 0 spiro atoms. The fourth-order valence-corrected chi connectivity index (χ4v) is 4.30. The highest BCUT2D eigenvalue weighted by Gasteiger charge is 2.35. The number of likely N-dealkylation sites (N-methyl/N-ethyl adjacent to an activating group) is 1. The molecule has 0 bridgehead atoms. The molecule has 0 saturated carbocycles. The zero-order chi connectivity index (χ0) is 20.4. The van der Waals surface area contributed by atoms with Crippen molar-refractivity contribution in [3.63, 3.8) is 0 Å². The summed E-state index contributed by atoms with van der Waals surface area (Å²) in [5, 5.41) is 14.1. The maximum atomic E-state index is 12.3. The molecule has 0 radical (unpaired) electrons. The average molecular weight is 384 g/mol. The van der Waals surface area contributed by atoms with E-state index in [4.69, 9.17) is 0 Å². The van der Waals surface area contributed by atoms with Crippen LogP contribution in [-0.4, -0.2) is 28.3 Å². The summed E-state index contributed by atoms with van der Waals surface area (Å²) in [4.78, 5) is 14.3. The predicted molar refractivity (Wildman–Crippen MR) is 114 cm³/mol. The fourth-order valence-electron chi connectivity index (χ4n) is 4.30. The van der Waals surface area contributed by atoms with Crippen LogP contribution in [0.5, 0.6) is 0 Å². The smallest absolute Gasteiger partial charge is 0.218 e. The highest BCUT2D eigenvalue weighted by atomic mass is 16.1. The standard InChI is InChI=1S/C24H24N4O/c1-17-24-21(14-25)23(29)15-26-28(24)22(16-27(17)2)20(19-11-7-4-8-12-19)13-18-9-5-3-6-10-18/h4-5,7-12,15,20,22H,1,3,6,13,16H2,2H3. The van der Waals surface area contributed by atoms with Crippen LogP contribution in [0, 0.1) is 11.3 Å². The van der Waals surface area contributed by atoms with Crippen LogP contribution in [0.2, 0.25) is 0 Å². The minimum Gasteiger partial charge on any atom is -0.371 e. The van der Waals surface area contributed by atoms with Crippen molar-refractivity contribution >= 4 is 5.70 Å². The Bertz CT molecular complexity index is 1090. The summed E-state index contributed by atoms with van der Waals surface area (Å²) < 4.78 is 1.85. The van der Waals surface area contributed by atoms with Gasteiger partial charge in [-0.05, 0) is 24.8 Å². The average Bonchev–Trinajstić information content (AvgIpc) is 2.76. The third-order valence-corrected chi connectivity index (χ3v) is 5.85. The summed E-state index contributed by atoms with van der Waals surface area (Å²) >= 11 is 0. The van der Waals surface area contributed by atoms with Crippen molar-refractivity contribution in [3.05, 3.63) is 94.0 Å². The number of nitrogens with zero attached hydrogens (tertiary/aromatic N) is 4. The summed E-state index contributed by atoms with van der Waals surface area (Å²) in [6.07, 6.45) is 11.0. The molecule has 2 aromatic rings. The molecule has 1 aliphatic heterocycles. The lowest BCUT2D eigenvalue weighted by Gasteiger charge is -2.40. The van der Waals surface area contributed by atoms with E-state index >= 15 is 0 Å². The van der Waals surface area contributed by atoms with Gasteiger partial charge in [-0.2, -0.15) is 10.4 Å². The van der Waals surface area contributed by atoms with Gasteiger partial charge in [-0.1, -0.05) is 60.7 Å². The minimum absolute atomic E-state index is 0.0215. The Morgan fingerprint density at radius 2 is 2.10 bits per heavy atom. The number of allylic oxidation sites excluding steroid dienone is 4. The van der Waals surface area contributed by atoms with Gasteiger partial charge in [0.2, 0.25) is 5.43 Å². The van der Waals surface area contributed by atoms with Crippen molar-refractivity contribution < 1.29 is 0 Å². The van der Waals surface area contributed by atoms with E-state index in [0.717, 1.165) is 19.3 Å². The number of fused-ring (bicyclic) bond motifs is 1. The topological polar surface area (TPSA) is 61.9 Å². The van der Waals surface area contributed by atoms with E-state index in [1.165, 1.54) is 17.3 Å². The first-order valence-electron chi connectivity index (χ1n) is 9.93. The van der Waals surface area contributed by atoms with Crippen LogP contribution in [0.4, 0.5) is 0 Å². The molecule has 2 aliphatic rings. The van der Waals surface area contributed by atoms with Crippen molar-refractivity contribution in [2.75, 3.05) is 13.6 Å². The second-order valence-corrected chi connectivity index (χ2v) is 7.66. The lowest BCUT2D eigenvalue weighted by atomic mass is 9.83. The van der Waals surface area contributed by atoms with E-state index in [2.05, 4.69) is 60.2 Å². The first-order valence-corrected chi connectivity index (χ1v) is 9.93. The Balaban J connectivity index is 1.85. The lowest BCUT2D eigenvalue weighted by molar-refractivity contribution is 0.266. The van der Waals surface area contributed by atoms with E-state index in [-0.39, 0.29) is 23.0 Å². The zero-order valence-electron chi connectivity index (χ0n) is 16.6. The van der Waals surface area contributed by atoms with Gasteiger partial charge < -0.3 is 4.90 Å². The van der Waals surface area contributed by atoms with Gasteiger partial charge in [-0.15, -0.1) is 0 Å². The third-order valence-electron chi connectivity index (χ3n) is 5.85. The molecular formula is C24H24N4O. The van der Waals surface area contributed by atoms with Crippen LogP contribution < -0.4 is 5.43 Å². The first-order chi connectivity index (χ1) is 14.1. The van der Waals surface area contributed by atoms with Gasteiger partial charge >= 0.3 is 0 Å². The molecule has 5 heteroatoms. The molecule has 0 saturated heterocycles. The maximum Gasteiger partial charge on any atom is 0.218 e. The normalized spacial score (nSPS) is 19.3. The molecule has 1 aromatic heterocycles. The van der Waals surface area contributed by atoms with Gasteiger partial charge in [0.25, 0.3) is 0 Å². The van der Waals surface area contributed by atoms with Gasteiger partial charge in [0.1, 0.15) is 17.3 Å². The number of rotatable bonds is 4. The number of nitriles is 1. The van der Waals surface area contributed by atoms with Crippen LogP contribution in [0.3, 0.4) is 0 Å². The molecule has 2 atom stereocenters. The second kappa shape index (κ2) is 7.92.